The van der Waals surface area contributed by atoms with Gasteiger partial charge in [0.2, 0.25) is 0 Å². The zero-order valence-electron chi connectivity index (χ0n) is 10.9. The van der Waals surface area contributed by atoms with Gasteiger partial charge < -0.3 is 9.47 Å². The highest BCUT2D eigenvalue weighted by molar-refractivity contribution is 5.99. The van der Waals surface area contributed by atoms with Crippen molar-refractivity contribution in [2.75, 3.05) is 20.3 Å². The van der Waals surface area contributed by atoms with Gasteiger partial charge in [-0.2, -0.15) is 5.10 Å². The van der Waals surface area contributed by atoms with Crippen LogP contribution in [0.15, 0.2) is 29.4 Å². The molecule has 0 aliphatic rings. The highest BCUT2D eigenvalue weighted by Crippen LogP contribution is 2.11. The molecule has 0 unspecified atom stereocenters. The molecule has 0 saturated carbocycles. The standard InChI is InChI=1S/C13H18N2O3/c1-4-18-9-13(16)15-14-10(2)11-5-7-12(17-3)8-6-11/h5-8H,4,9H2,1-3H3,(H,15,16)/b14-10+. The van der Waals surface area contributed by atoms with E-state index < -0.39 is 0 Å². The third-order valence-corrected chi connectivity index (χ3v) is 2.29. The molecule has 5 heteroatoms. The Labute approximate surface area is 107 Å². The number of hydrogen-bond donors (Lipinski definition) is 1. The lowest BCUT2D eigenvalue weighted by Crippen LogP contribution is -2.24. The first-order valence-corrected chi connectivity index (χ1v) is 5.72. The van der Waals surface area contributed by atoms with Gasteiger partial charge in [0.05, 0.1) is 12.8 Å². The molecule has 0 fully saturated rings. The Morgan fingerprint density at radius 1 is 1.33 bits per heavy atom. The normalized spacial score (nSPS) is 11.2. The average molecular weight is 250 g/mol. The minimum Gasteiger partial charge on any atom is -0.497 e. The fraction of sp³-hybridized carbons (Fsp3) is 0.385. The average Bonchev–Trinajstić information content (AvgIpc) is 2.42. The van der Waals surface area contributed by atoms with E-state index in [0.717, 1.165) is 17.0 Å². The van der Waals surface area contributed by atoms with Crippen molar-refractivity contribution in [3.63, 3.8) is 0 Å². The number of nitrogens with one attached hydrogen (secondary N) is 1. The highest BCUT2D eigenvalue weighted by atomic mass is 16.5. The van der Waals surface area contributed by atoms with Crippen LogP contribution in [0.1, 0.15) is 19.4 Å². The van der Waals surface area contributed by atoms with Crippen LogP contribution in [0.5, 0.6) is 5.75 Å². The second kappa shape index (κ2) is 7.45. The number of hydrazone groups is 1. The van der Waals surface area contributed by atoms with E-state index >= 15 is 0 Å². The summed E-state index contributed by atoms with van der Waals surface area (Å²) in [5.74, 6) is 0.525. The maximum absolute atomic E-state index is 11.3. The van der Waals surface area contributed by atoms with Gasteiger partial charge in [-0.1, -0.05) is 0 Å². The van der Waals surface area contributed by atoms with E-state index in [4.69, 9.17) is 9.47 Å². The van der Waals surface area contributed by atoms with Crippen molar-refractivity contribution in [2.24, 2.45) is 5.10 Å². The molecule has 0 saturated heterocycles. The summed E-state index contributed by atoms with van der Waals surface area (Å²) in [6, 6.07) is 7.45. The van der Waals surface area contributed by atoms with Gasteiger partial charge >= 0.3 is 0 Å². The van der Waals surface area contributed by atoms with E-state index in [9.17, 15) is 4.79 Å². The Balaban J connectivity index is 2.56. The van der Waals surface area contributed by atoms with Crippen molar-refractivity contribution in [3.05, 3.63) is 29.8 Å². The van der Waals surface area contributed by atoms with E-state index in [-0.39, 0.29) is 12.5 Å². The number of carbonyl (C=O) groups is 1. The molecule has 0 atom stereocenters. The van der Waals surface area contributed by atoms with Crippen molar-refractivity contribution >= 4 is 11.6 Å². The zero-order chi connectivity index (χ0) is 13.4. The second-order valence-corrected chi connectivity index (χ2v) is 3.60. The lowest BCUT2D eigenvalue weighted by molar-refractivity contribution is -0.125. The maximum atomic E-state index is 11.3. The number of rotatable bonds is 6. The van der Waals surface area contributed by atoms with E-state index in [0.29, 0.717) is 6.61 Å². The predicted molar refractivity (Wildman–Crippen MR) is 69.8 cm³/mol. The molecule has 1 aromatic carbocycles. The predicted octanol–water partition coefficient (Wildman–Crippen LogP) is 1.57. The first kappa shape index (κ1) is 14.2. The van der Waals surface area contributed by atoms with Crippen LogP contribution in [0.3, 0.4) is 0 Å². The Hall–Kier alpha value is -1.88. The molecule has 1 aromatic rings. The van der Waals surface area contributed by atoms with Gasteiger partial charge in [0.1, 0.15) is 12.4 Å². The molecular weight excluding hydrogens is 232 g/mol. The first-order chi connectivity index (χ1) is 8.67. The molecule has 1 rings (SSSR count). The van der Waals surface area contributed by atoms with E-state index in [1.807, 2.05) is 38.1 Å². The third-order valence-electron chi connectivity index (χ3n) is 2.29. The molecule has 0 spiro atoms. The Bertz CT molecular complexity index is 413. The molecule has 0 bridgehead atoms. The number of carbonyl (C=O) groups excluding carboxylic acids is 1. The summed E-state index contributed by atoms with van der Waals surface area (Å²) in [5, 5.41) is 4.00. The molecule has 1 N–H and O–H groups in total. The summed E-state index contributed by atoms with van der Waals surface area (Å²) in [7, 11) is 1.61. The molecule has 1 amide bonds. The van der Waals surface area contributed by atoms with E-state index in [1.54, 1.807) is 7.11 Å². The van der Waals surface area contributed by atoms with Crippen LogP contribution in [-0.4, -0.2) is 31.9 Å². The third kappa shape index (κ3) is 4.55. The summed E-state index contributed by atoms with van der Waals surface area (Å²) in [4.78, 5) is 11.3. The topological polar surface area (TPSA) is 59.9 Å². The number of ether oxygens (including phenoxy) is 2. The Morgan fingerprint density at radius 3 is 2.56 bits per heavy atom. The van der Waals surface area contributed by atoms with Crippen LogP contribution in [0.4, 0.5) is 0 Å². The van der Waals surface area contributed by atoms with Gasteiger partial charge in [-0.3, -0.25) is 4.79 Å². The number of benzene rings is 1. The second-order valence-electron chi connectivity index (χ2n) is 3.60. The smallest absolute Gasteiger partial charge is 0.266 e. The summed E-state index contributed by atoms with van der Waals surface area (Å²) < 4.78 is 10.0. The van der Waals surface area contributed by atoms with E-state index in [1.165, 1.54) is 0 Å². The van der Waals surface area contributed by atoms with Crippen LogP contribution in [0, 0.1) is 0 Å². The van der Waals surface area contributed by atoms with Gasteiger partial charge in [-0.05, 0) is 43.7 Å². The Morgan fingerprint density at radius 2 is 2.00 bits per heavy atom. The molecule has 0 aromatic heterocycles. The molecular formula is C13H18N2O3. The van der Waals surface area contributed by atoms with Crippen molar-refractivity contribution < 1.29 is 14.3 Å². The number of nitrogens with zero attached hydrogens (tertiary/aromatic N) is 1. The lowest BCUT2D eigenvalue weighted by Gasteiger charge is -2.04. The van der Waals surface area contributed by atoms with Gasteiger partial charge in [0.25, 0.3) is 5.91 Å². The fourth-order valence-corrected chi connectivity index (χ4v) is 1.27. The van der Waals surface area contributed by atoms with Gasteiger partial charge in [0.15, 0.2) is 0 Å². The minimum absolute atomic E-state index is 0.0237. The van der Waals surface area contributed by atoms with Crippen molar-refractivity contribution in [1.82, 2.24) is 5.43 Å². The minimum atomic E-state index is -0.260. The largest absolute Gasteiger partial charge is 0.497 e. The summed E-state index contributed by atoms with van der Waals surface area (Å²) >= 11 is 0. The molecule has 98 valence electrons. The SMILES string of the molecule is CCOCC(=O)N/N=C(\C)c1ccc(OC)cc1. The zero-order valence-corrected chi connectivity index (χ0v) is 10.9. The number of amides is 1. The fourth-order valence-electron chi connectivity index (χ4n) is 1.27. The molecule has 0 heterocycles. The van der Waals surface area contributed by atoms with Crippen LogP contribution >= 0.6 is 0 Å². The lowest BCUT2D eigenvalue weighted by atomic mass is 10.1. The molecule has 5 nitrogen and oxygen atoms in total. The maximum Gasteiger partial charge on any atom is 0.266 e. The monoisotopic (exact) mass is 250 g/mol. The number of hydrogen-bond acceptors (Lipinski definition) is 4. The Kier molecular flexibility index (Phi) is 5.87. The van der Waals surface area contributed by atoms with Crippen molar-refractivity contribution in [2.45, 2.75) is 13.8 Å². The summed E-state index contributed by atoms with van der Waals surface area (Å²) in [6.45, 7) is 4.19. The summed E-state index contributed by atoms with van der Waals surface area (Å²) in [5.41, 5.74) is 4.09. The van der Waals surface area contributed by atoms with Gasteiger partial charge in [-0.15, -0.1) is 0 Å². The van der Waals surface area contributed by atoms with Crippen LogP contribution in [0.2, 0.25) is 0 Å². The molecule has 18 heavy (non-hydrogen) atoms. The van der Waals surface area contributed by atoms with Crippen LogP contribution in [0.25, 0.3) is 0 Å². The first-order valence-electron chi connectivity index (χ1n) is 5.72. The summed E-state index contributed by atoms with van der Waals surface area (Å²) in [6.07, 6.45) is 0. The van der Waals surface area contributed by atoms with Crippen molar-refractivity contribution in [3.8, 4) is 5.75 Å². The molecule has 0 aliphatic heterocycles. The quantitative estimate of drug-likeness (QED) is 0.616. The molecule has 0 aliphatic carbocycles. The van der Waals surface area contributed by atoms with Gasteiger partial charge in [-0.25, -0.2) is 5.43 Å². The van der Waals surface area contributed by atoms with Gasteiger partial charge in [0, 0.05) is 6.61 Å². The van der Waals surface area contributed by atoms with Crippen LogP contribution < -0.4 is 10.2 Å². The van der Waals surface area contributed by atoms with Crippen LogP contribution in [-0.2, 0) is 9.53 Å². The van der Waals surface area contributed by atoms with E-state index in [2.05, 4.69) is 10.5 Å². The van der Waals surface area contributed by atoms with Crippen molar-refractivity contribution in [1.29, 1.82) is 0 Å². The highest BCUT2D eigenvalue weighted by Gasteiger charge is 2.01. The number of methoxy groups -OCH3 is 1. The molecule has 0 radical (unpaired) electrons.